The second-order valence-electron chi connectivity index (χ2n) is 2.82. The molecule has 0 saturated heterocycles. The van der Waals surface area contributed by atoms with Crippen molar-refractivity contribution in [3.8, 4) is 0 Å². The van der Waals surface area contributed by atoms with E-state index in [0.717, 1.165) is 25.9 Å². The Morgan fingerprint density at radius 1 is 1.25 bits per heavy atom. The van der Waals surface area contributed by atoms with Gasteiger partial charge in [0, 0.05) is 26.6 Å². The van der Waals surface area contributed by atoms with Crippen LogP contribution in [0.1, 0.15) is 32.1 Å². The van der Waals surface area contributed by atoms with Crippen molar-refractivity contribution in [2.24, 2.45) is 0 Å². The molecule has 0 aromatic heterocycles. The van der Waals surface area contributed by atoms with E-state index in [9.17, 15) is 4.79 Å². The smallest absolute Gasteiger partial charge is 0.133 e. The predicted molar refractivity (Wildman–Crippen MR) is 53.8 cm³/mol. The summed E-state index contributed by atoms with van der Waals surface area (Å²) in [5.41, 5.74) is 0. The molecular formula is C9H18O2S. The van der Waals surface area contributed by atoms with Gasteiger partial charge < -0.3 is 4.74 Å². The van der Waals surface area contributed by atoms with Crippen LogP contribution in [-0.4, -0.2) is 25.3 Å². The van der Waals surface area contributed by atoms with Crippen molar-refractivity contribution in [1.82, 2.24) is 0 Å². The lowest BCUT2D eigenvalue weighted by Crippen LogP contribution is -1.98. The minimum atomic E-state index is 0.336. The van der Waals surface area contributed by atoms with E-state index in [4.69, 9.17) is 4.74 Å². The lowest BCUT2D eigenvalue weighted by molar-refractivity contribution is -0.118. The zero-order valence-corrected chi connectivity index (χ0v) is 8.61. The van der Waals surface area contributed by atoms with Crippen molar-refractivity contribution in [3.63, 3.8) is 0 Å². The van der Waals surface area contributed by atoms with Gasteiger partial charge in [0.15, 0.2) is 0 Å². The van der Waals surface area contributed by atoms with Gasteiger partial charge >= 0.3 is 0 Å². The average Bonchev–Trinajstić information content (AvgIpc) is 2.05. The molecule has 0 aliphatic rings. The van der Waals surface area contributed by atoms with Crippen molar-refractivity contribution < 1.29 is 9.53 Å². The number of hydrogen-bond donors (Lipinski definition) is 1. The summed E-state index contributed by atoms with van der Waals surface area (Å²) in [6.45, 7) is 0.806. The molecule has 0 N–H and O–H groups in total. The highest BCUT2D eigenvalue weighted by molar-refractivity contribution is 7.80. The first-order valence-corrected chi connectivity index (χ1v) is 5.06. The quantitative estimate of drug-likeness (QED) is 0.468. The Balaban J connectivity index is 3.03. The summed E-state index contributed by atoms with van der Waals surface area (Å²) in [6, 6.07) is 0. The molecule has 0 spiro atoms. The molecule has 2 nitrogen and oxygen atoms in total. The zero-order valence-electron chi connectivity index (χ0n) is 7.71. The van der Waals surface area contributed by atoms with Gasteiger partial charge in [0.25, 0.3) is 0 Å². The molecule has 0 radical (unpaired) electrons. The molecule has 0 bridgehead atoms. The van der Waals surface area contributed by atoms with Crippen LogP contribution < -0.4 is 0 Å². The van der Waals surface area contributed by atoms with Gasteiger partial charge in [-0.05, 0) is 18.6 Å². The Morgan fingerprint density at radius 2 is 2.00 bits per heavy atom. The van der Waals surface area contributed by atoms with Crippen LogP contribution in [-0.2, 0) is 9.53 Å². The van der Waals surface area contributed by atoms with Crippen molar-refractivity contribution >= 4 is 18.4 Å². The molecule has 0 saturated carbocycles. The van der Waals surface area contributed by atoms with E-state index in [-0.39, 0.29) is 0 Å². The normalized spacial score (nSPS) is 10.2. The number of carbonyl (C=O) groups is 1. The second-order valence-corrected chi connectivity index (χ2v) is 3.26. The van der Waals surface area contributed by atoms with E-state index in [2.05, 4.69) is 12.6 Å². The van der Waals surface area contributed by atoms with Crippen LogP contribution in [0.2, 0.25) is 0 Å². The first kappa shape index (κ1) is 12.0. The number of hydrogen-bond acceptors (Lipinski definition) is 3. The van der Waals surface area contributed by atoms with Crippen LogP contribution in [0.3, 0.4) is 0 Å². The third-order valence-electron chi connectivity index (χ3n) is 1.69. The molecule has 0 aromatic rings. The monoisotopic (exact) mass is 190 g/mol. The van der Waals surface area contributed by atoms with Crippen LogP contribution in [0.15, 0.2) is 0 Å². The lowest BCUT2D eigenvalue weighted by Gasteiger charge is -1.99. The van der Waals surface area contributed by atoms with E-state index in [1.54, 1.807) is 7.11 Å². The van der Waals surface area contributed by atoms with Gasteiger partial charge in [-0.3, -0.25) is 4.79 Å². The van der Waals surface area contributed by atoms with Crippen molar-refractivity contribution in [2.45, 2.75) is 32.1 Å². The summed E-state index contributed by atoms with van der Waals surface area (Å²) < 4.78 is 4.90. The Labute approximate surface area is 80.1 Å². The van der Waals surface area contributed by atoms with E-state index in [1.807, 2.05) is 0 Å². The fourth-order valence-electron chi connectivity index (χ4n) is 0.995. The molecule has 0 atom stereocenters. The van der Waals surface area contributed by atoms with Gasteiger partial charge in [-0.15, -0.1) is 0 Å². The maximum absolute atomic E-state index is 11.0. The molecule has 3 heteroatoms. The minimum Gasteiger partial charge on any atom is -0.385 e. The van der Waals surface area contributed by atoms with Crippen LogP contribution in [0.5, 0.6) is 0 Å². The van der Waals surface area contributed by atoms with Gasteiger partial charge in [0.05, 0.1) is 0 Å². The molecule has 0 aromatic carbocycles. The Bertz CT molecular complexity index is 115. The SMILES string of the molecule is COCCCCCC(=O)CCS. The van der Waals surface area contributed by atoms with Crippen LogP contribution >= 0.6 is 12.6 Å². The largest absolute Gasteiger partial charge is 0.385 e. The molecule has 0 unspecified atom stereocenters. The summed E-state index contributed by atoms with van der Waals surface area (Å²) in [6.07, 6.45) is 4.48. The van der Waals surface area contributed by atoms with E-state index >= 15 is 0 Å². The molecule has 0 aliphatic carbocycles. The number of carbonyl (C=O) groups excluding carboxylic acids is 1. The van der Waals surface area contributed by atoms with E-state index in [0.29, 0.717) is 24.4 Å². The first-order valence-electron chi connectivity index (χ1n) is 4.42. The van der Waals surface area contributed by atoms with Gasteiger partial charge in [-0.25, -0.2) is 0 Å². The topological polar surface area (TPSA) is 26.3 Å². The Kier molecular flexibility index (Phi) is 9.06. The average molecular weight is 190 g/mol. The molecule has 12 heavy (non-hydrogen) atoms. The Hall–Kier alpha value is -0.0200. The molecular weight excluding hydrogens is 172 g/mol. The summed E-state index contributed by atoms with van der Waals surface area (Å²) in [5, 5.41) is 0. The minimum absolute atomic E-state index is 0.336. The Morgan fingerprint density at radius 3 is 2.58 bits per heavy atom. The fourth-order valence-corrected chi connectivity index (χ4v) is 1.24. The molecule has 0 rings (SSSR count). The van der Waals surface area contributed by atoms with E-state index < -0.39 is 0 Å². The van der Waals surface area contributed by atoms with Gasteiger partial charge in [-0.1, -0.05) is 6.42 Å². The number of unbranched alkanes of at least 4 members (excludes halogenated alkanes) is 2. The standard InChI is InChI=1S/C9H18O2S/c1-11-7-4-2-3-5-9(10)6-8-12/h12H,2-8H2,1H3. The summed E-state index contributed by atoms with van der Waals surface area (Å²) in [7, 11) is 1.70. The third kappa shape index (κ3) is 8.08. The van der Waals surface area contributed by atoms with Crippen molar-refractivity contribution in [1.29, 1.82) is 0 Å². The molecule has 0 heterocycles. The summed E-state index contributed by atoms with van der Waals surface area (Å²) >= 11 is 4.00. The van der Waals surface area contributed by atoms with Crippen LogP contribution in [0.25, 0.3) is 0 Å². The molecule has 0 amide bonds. The highest BCUT2D eigenvalue weighted by atomic mass is 32.1. The third-order valence-corrected chi connectivity index (χ3v) is 1.92. The van der Waals surface area contributed by atoms with Crippen molar-refractivity contribution in [3.05, 3.63) is 0 Å². The number of ether oxygens (including phenoxy) is 1. The molecule has 0 fully saturated rings. The van der Waals surface area contributed by atoms with Crippen molar-refractivity contribution in [2.75, 3.05) is 19.5 Å². The molecule has 0 aliphatic heterocycles. The van der Waals surface area contributed by atoms with Crippen LogP contribution in [0.4, 0.5) is 0 Å². The maximum Gasteiger partial charge on any atom is 0.133 e. The first-order chi connectivity index (χ1) is 5.81. The van der Waals surface area contributed by atoms with Crippen LogP contribution in [0, 0.1) is 0 Å². The van der Waals surface area contributed by atoms with E-state index in [1.165, 1.54) is 0 Å². The van der Waals surface area contributed by atoms with Gasteiger partial charge in [0.2, 0.25) is 0 Å². The lowest BCUT2D eigenvalue weighted by atomic mass is 10.1. The summed E-state index contributed by atoms with van der Waals surface area (Å²) in [4.78, 5) is 11.0. The number of Topliss-reactive ketones (excluding diaryl/α,β-unsaturated/α-hetero) is 1. The van der Waals surface area contributed by atoms with Gasteiger partial charge in [0.1, 0.15) is 5.78 Å². The zero-order chi connectivity index (χ0) is 9.23. The highest BCUT2D eigenvalue weighted by Gasteiger charge is 1.99. The van der Waals surface area contributed by atoms with Gasteiger partial charge in [-0.2, -0.15) is 12.6 Å². The highest BCUT2D eigenvalue weighted by Crippen LogP contribution is 2.02. The number of rotatable bonds is 8. The fraction of sp³-hybridized carbons (Fsp3) is 0.889. The number of ketones is 1. The number of methoxy groups -OCH3 is 1. The number of thiol groups is 1. The summed E-state index contributed by atoms with van der Waals surface area (Å²) in [5.74, 6) is 1.01. The molecule has 72 valence electrons. The maximum atomic E-state index is 11.0. The second kappa shape index (κ2) is 9.07. The predicted octanol–water partition coefficient (Wildman–Crippen LogP) is 2.08.